The van der Waals surface area contributed by atoms with Gasteiger partial charge in [-0.3, -0.25) is 4.79 Å². The Morgan fingerprint density at radius 3 is 2.38 bits per heavy atom. The summed E-state index contributed by atoms with van der Waals surface area (Å²) in [4.78, 5) is 12.2. The molecule has 0 aliphatic heterocycles. The molecule has 0 heterocycles. The Kier molecular flexibility index (Phi) is 8.40. The summed E-state index contributed by atoms with van der Waals surface area (Å²) in [6.07, 6.45) is 3.22. The molecule has 0 unspecified atom stereocenters. The van der Waals surface area contributed by atoms with Crippen molar-refractivity contribution in [1.29, 1.82) is 0 Å². The topological polar surface area (TPSA) is 66.0 Å². The number of carbonyl (C=O) groups excluding carboxylic acids is 1. The second-order valence-corrected chi connectivity index (χ2v) is 6.84. The molecule has 0 saturated carbocycles. The average molecular weight is 399 g/mol. The summed E-state index contributed by atoms with van der Waals surface area (Å²) >= 11 is 0. The van der Waals surface area contributed by atoms with Crippen LogP contribution in [0.3, 0.4) is 0 Å². The van der Waals surface area contributed by atoms with Crippen LogP contribution in [0.15, 0.2) is 42.5 Å². The summed E-state index contributed by atoms with van der Waals surface area (Å²) in [5, 5.41) is 2.85. The van der Waals surface area contributed by atoms with Crippen LogP contribution in [0, 0.1) is 5.92 Å². The van der Waals surface area contributed by atoms with E-state index in [0.717, 1.165) is 11.1 Å². The van der Waals surface area contributed by atoms with Gasteiger partial charge in [-0.05, 0) is 41.8 Å². The van der Waals surface area contributed by atoms with Crippen LogP contribution in [0.2, 0.25) is 0 Å². The lowest BCUT2D eigenvalue weighted by Gasteiger charge is -2.12. The van der Waals surface area contributed by atoms with Crippen molar-refractivity contribution >= 4 is 12.0 Å². The largest absolute Gasteiger partial charge is 0.497 e. The van der Waals surface area contributed by atoms with E-state index in [4.69, 9.17) is 18.9 Å². The lowest BCUT2D eigenvalue weighted by Crippen LogP contribution is -2.20. The quantitative estimate of drug-likeness (QED) is 0.610. The van der Waals surface area contributed by atoms with Crippen LogP contribution in [0.1, 0.15) is 25.0 Å². The van der Waals surface area contributed by atoms with Crippen LogP contribution in [0.4, 0.5) is 0 Å². The predicted molar refractivity (Wildman–Crippen MR) is 114 cm³/mol. The third-order valence-electron chi connectivity index (χ3n) is 4.13. The molecule has 0 aliphatic carbocycles. The second-order valence-electron chi connectivity index (χ2n) is 6.84. The monoisotopic (exact) mass is 399 g/mol. The molecule has 0 fully saturated rings. The van der Waals surface area contributed by atoms with E-state index in [1.54, 1.807) is 33.5 Å². The van der Waals surface area contributed by atoms with Crippen LogP contribution < -0.4 is 24.3 Å². The third-order valence-corrected chi connectivity index (χ3v) is 4.13. The molecule has 1 amide bonds. The van der Waals surface area contributed by atoms with E-state index < -0.39 is 0 Å². The van der Waals surface area contributed by atoms with Crippen molar-refractivity contribution in [1.82, 2.24) is 5.32 Å². The zero-order chi connectivity index (χ0) is 21.2. The fourth-order valence-corrected chi connectivity index (χ4v) is 2.57. The van der Waals surface area contributed by atoms with Gasteiger partial charge in [-0.1, -0.05) is 19.9 Å². The molecule has 29 heavy (non-hydrogen) atoms. The van der Waals surface area contributed by atoms with Crippen molar-refractivity contribution in [2.75, 3.05) is 27.9 Å². The van der Waals surface area contributed by atoms with Crippen LogP contribution in [0.5, 0.6) is 23.0 Å². The molecule has 2 rings (SSSR count). The molecular weight excluding hydrogens is 370 g/mol. The minimum atomic E-state index is -0.207. The number of ether oxygens (including phenoxy) is 4. The first-order valence-electron chi connectivity index (χ1n) is 9.44. The molecule has 0 spiro atoms. The Labute approximate surface area is 172 Å². The molecule has 0 aliphatic rings. The highest BCUT2D eigenvalue weighted by molar-refractivity contribution is 5.91. The first-order valence-corrected chi connectivity index (χ1v) is 9.44. The maximum Gasteiger partial charge on any atom is 0.244 e. The molecule has 0 bridgehead atoms. The van der Waals surface area contributed by atoms with Gasteiger partial charge in [0.1, 0.15) is 11.5 Å². The fourth-order valence-electron chi connectivity index (χ4n) is 2.57. The van der Waals surface area contributed by atoms with Gasteiger partial charge in [0.15, 0.2) is 11.5 Å². The molecule has 2 aromatic carbocycles. The molecule has 6 nitrogen and oxygen atoms in total. The Morgan fingerprint density at radius 1 is 0.966 bits per heavy atom. The number of hydrogen-bond acceptors (Lipinski definition) is 5. The summed E-state index contributed by atoms with van der Waals surface area (Å²) in [5.74, 6) is 2.90. The molecule has 1 N–H and O–H groups in total. The number of hydrogen-bond donors (Lipinski definition) is 1. The van der Waals surface area contributed by atoms with Crippen molar-refractivity contribution in [2.24, 2.45) is 5.92 Å². The Bertz CT molecular complexity index is 845. The van der Waals surface area contributed by atoms with Crippen molar-refractivity contribution in [3.8, 4) is 23.0 Å². The molecule has 2 aromatic rings. The Balaban J connectivity index is 1.98. The smallest absolute Gasteiger partial charge is 0.244 e. The summed E-state index contributed by atoms with van der Waals surface area (Å²) in [7, 11) is 4.78. The van der Waals surface area contributed by atoms with E-state index in [1.165, 1.54) is 6.08 Å². The number of benzene rings is 2. The number of methoxy groups -OCH3 is 3. The normalized spacial score (nSPS) is 10.8. The molecule has 0 aromatic heterocycles. The van der Waals surface area contributed by atoms with E-state index in [9.17, 15) is 4.79 Å². The van der Waals surface area contributed by atoms with Gasteiger partial charge >= 0.3 is 0 Å². The van der Waals surface area contributed by atoms with Crippen LogP contribution in [-0.2, 0) is 11.3 Å². The van der Waals surface area contributed by atoms with Crippen molar-refractivity contribution in [3.05, 3.63) is 53.6 Å². The lowest BCUT2D eigenvalue weighted by molar-refractivity contribution is -0.116. The minimum Gasteiger partial charge on any atom is -0.497 e. The number of rotatable bonds is 10. The lowest BCUT2D eigenvalue weighted by atomic mass is 10.1. The molecule has 0 radical (unpaired) electrons. The van der Waals surface area contributed by atoms with Gasteiger partial charge in [-0.25, -0.2) is 0 Å². The molecule has 0 saturated heterocycles. The van der Waals surface area contributed by atoms with Crippen molar-refractivity contribution in [2.45, 2.75) is 20.4 Å². The van der Waals surface area contributed by atoms with E-state index in [-0.39, 0.29) is 5.91 Å². The standard InChI is InChI=1S/C23H29NO5/c1-16(2)15-29-20-10-6-17(12-22(20)28-5)7-11-23(25)24-14-18-8-9-19(26-3)13-21(18)27-4/h6-13,16H,14-15H2,1-5H3,(H,24,25)/b11-7+. The van der Waals surface area contributed by atoms with Gasteiger partial charge in [-0.15, -0.1) is 0 Å². The van der Waals surface area contributed by atoms with E-state index in [1.807, 2.05) is 30.3 Å². The van der Waals surface area contributed by atoms with Gasteiger partial charge in [0.2, 0.25) is 5.91 Å². The number of amides is 1. The molecule has 6 heteroatoms. The number of nitrogens with one attached hydrogen (secondary N) is 1. The SMILES string of the molecule is COc1ccc(CNC(=O)/C=C/c2ccc(OCC(C)C)c(OC)c2)c(OC)c1. The van der Waals surface area contributed by atoms with Gasteiger partial charge < -0.3 is 24.3 Å². The van der Waals surface area contributed by atoms with Crippen LogP contribution in [-0.4, -0.2) is 33.8 Å². The number of carbonyl (C=O) groups is 1. The summed E-state index contributed by atoms with van der Waals surface area (Å²) in [6, 6.07) is 11.0. The van der Waals surface area contributed by atoms with Crippen LogP contribution in [0.25, 0.3) is 6.08 Å². The maximum absolute atomic E-state index is 12.2. The Morgan fingerprint density at radius 2 is 1.72 bits per heavy atom. The predicted octanol–water partition coefficient (Wildman–Crippen LogP) is 4.08. The molecular formula is C23H29NO5. The van der Waals surface area contributed by atoms with Gasteiger partial charge in [0, 0.05) is 24.3 Å². The van der Waals surface area contributed by atoms with Gasteiger partial charge in [-0.2, -0.15) is 0 Å². The first kappa shape index (κ1) is 22.1. The van der Waals surface area contributed by atoms with Gasteiger partial charge in [0.25, 0.3) is 0 Å². The zero-order valence-electron chi connectivity index (χ0n) is 17.7. The minimum absolute atomic E-state index is 0.207. The highest BCUT2D eigenvalue weighted by Gasteiger charge is 2.08. The fraction of sp³-hybridized carbons (Fsp3) is 0.348. The highest BCUT2D eigenvalue weighted by atomic mass is 16.5. The van der Waals surface area contributed by atoms with E-state index >= 15 is 0 Å². The zero-order valence-corrected chi connectivity index (χ0v) is 17.7. The third kappa shape index (κ3) is 6.75. The Hall–Kier alpha value is -3.15. The molecule has 156 valence electrons. The summed E-state index contributed by atoms with van der Waals surface area (Å²) < 4.78 is 21.7. The van der Waals surface area contributed by atoms with E-state index in [0.29, 0.717) is 42.1 Å². The van der Waals surface area contributed by atoms with E-state index in [2.05, 4.69) is 19.2 Å². The maximum atomic E-state index is 12.2. The molecule has 0 atom stereocenters. The van der Waals surface area contributed by atoms with Crippen molar-refractivity contribution in [3.63, 3.8) is 0 Å². The van der Waals surface area contributed by atoms with Gasteiger partial charge in [0.05, 0.1) is 27.9 Å². The highest BCUT2D eigenvalue weighted by Crippen LogP contribution is 2.29. The first-order chi connectivity index (χ1) is 14.0. The van der Waals surface area contributed by atoms with Crippen molar-refractivity contribution < 1.29 is 23.7 Å². The average Bonchev–Trinajstić information content (AvgIpc) is 2.74. The second kappa shape index (κ2) is 11.0. The summed E-state index contributed by atoms with van der Waals surface area (Å²) in [6.45, 7) is 5.14. The van der Waals surface area contributed by atoms with Crippen LogP contribution >= 0.6 is 0 Å². The summed E-state index contributed by atoms with van der Waals surface area (Å²) in [5.41, 5.74) is 1.71.